The number of pyridine rings is 1. The quantitative estimate of drug-likeness (QED) is 0.849. The molecular formula is C13H15Cl2N3O2. The van der Waals surface area contributed by atoms with Crippen molar-refractivity contribution in [3.8, 4) is 0 Å². The molecule has 0 atom stereocenters. The van der Waals surface area contributed by atoms with Crippen LogP contribution in [0, 0.1) is 5.92 Å². The molecule has 0 unspecified atom stereocenters. The molecule has 0 bridgehead atoms. The van der Waals surface area contributed by atoms with E-state index < -0.39 is 0 Å². The summed E-state index contributed by atoms with van der Waals surface area (Å²) in [5.41, 5.74) is 0.164. The summed E-state index contributed by atoms with van der Waals surface area (Å²) in [4.78, 5) is 29.5. The van der Waals surface area contributed by atoms with Gasteiger partial charge in [0.05, 0.1) is 5.02 Å². The molecule has 2 rings (SSSR count). The third-order valence-electron chi connectivity index (χ3n) is 3.41. The molecule has 1 aliphatic rings. The zero-order valence-electron chi connectivity index (χ0n) is 11.0. The third-order valence-corrected chi connectivity index (χ3v) is 3.93. The standard InChI is InChI=1S/C13H15Cl2N3O2/c1-16-12(19)8-4-6-18(7-5-8)13(20)11-9(14)2-3-10(15)17-11/h2-3,8H,4-7H2,1H3,(H,16,19). The van der Waals surface area contributed by atoms with Crippen molar-refractivity contribution in [3.05, 3.63) is 28.0 Å². The minimum Gasteiger partial charge on any atom is -0.359 e. The number of hydrogen-bond donors (Lipinski definition) is 1. The SMILES string of the molecule is CNC(=O)C1CCN(C(=O)c2nc(Cl)ccc2Cl)CC1. The Morgan fingerprint density at radius 3 is 2.55 bits per heavy atom. The largest absolute Gasteiger partial charge is 0.359 e. The molecule has 5 nitrogen and oxygen atoms in total. The molecule has 2 heterocycles. The fourth-order valence-electron chi connectivity index (χ4n) is 2.27. The number of likely N-dealkylation sites (tertiary alicyclic amines) is 1. The Kier molecular flexibility index (Phi) is 4.83. The van der Waals surface area contributed by atoms with Crippen molar-refractivity contribution in [3.63, 3.8) is 0 Å². The van der Waals surface area contributed by atoms with Gasteiger partial charge in [-0.1, -0.05) is 23.2 Å². The van der Waals surface area contributed by atoms with Gasteiger partial charge < -0.3 is 10.2 Å². The van der Waals surface area contributed by atoms with E-state index >= 15 is 0 Å². The van der Waals surface area contributed by atoms with Gasteiger partial charge in [-0.05, 0) is 25.0 Å². The van der Waals surface area contributed by atoms with Crippen LogP contribution in [0.4, 0.5) is 0 Å². The molecular weight excluding hydrogens is 301 g/mol. The van der Waals surface area contributed by atoms with Gasteiger partial charge in [0.2, 0.25) is 5.91 Å². The first-order chi connectivity index (χ1) is 9.52. The summed E-state index contributed by atoms with van der Waals surface area (Å²) >= 11 is 11.8. The van der Waals surface area contributed by atoms with E-state index in [0.29, 0.717) is 25.9 Å². The van der Waals surface area contributed by atoms with Crippen LogP contribution in [-0.4, -0.2) is 41.8 Å². The summed E-state index contributed by atoms with van der Waals surface area (Å²) < 4.78 is 0. The summed E-state index contributed by atoms with van der Waals surface area (Å²) in [6.45, 7) is 1.03. The van der Waals surface area contributed by atoms with Gasteiger partial charge in [0, 0.05) is 26.1 Å². The Labute approximate surface area is 127 Å². The molecule has 1 fully saturated rings. The molecule has 1 aromatic rings. The Balaban J connectivity index is 2.05. The molecule has 20 heavy (non-hydrogen) atoms. The highest BCUT2D eigenvalue weighted by atomic mass is 35.5. The molecule has 2 amide bonds. The van der Waals surface area contributed by atoms with Gasteiger partial charge in [-0.25, -0.2) is 4.98 Å². The smallest absolute Gasteiger partial charge is 0.274 e. The van der Waals surface area contributed by atoms with Gasteiger partial charge in [0.1, 0.15) is 10.8 Å². The van der Waals surface area contributed by atoms with Crippen molar-refractivity contribution in [2.45, 2.75) is 12.8 Å². The van der Waals surface area contributed by atoms with Crippen LogP contribution >= 0.6 is 23.2 Å². The van der Waals surface area contributed by atoms with E-state index in [1.807, 2.05) is 0 Å². The van der Waals surface area contributed by atoms with Crippen molar-refractivity contribution in [2.75, 3.05) is 20.1 Å². The topological polar surface area (TPSA) is 62.3 Å². The van der Waals surface area contributed by atoms with E-state index in [-0.39, 0.29) is 33.6 Å². The van der Waals surface area contributed by atoms with Gasteiger partial charge in [-0.2, -0.15) is 0 Å². The number of amides is 2. The number of aromatic nitrogens is 1. The molecule has 0 saturated carbocycles. The van der Waals surface area contributed by atoms with Crippen LogP contribution in [-0.2, 0) is 4.79 Å². The maximum Gasteiger partial charge on any atom is 0.274 e. The maximum absolute atomic E-state index is 12.3. The Bertz CT molecular complexity index is 528. The van der Waals surface area contributed by atoms with E-state index in [2.05, 4.69) is 10.3 Å². The van der Waals surface area contributed by atoms with Crippen LogP contribution in [0.5, 0.6) is 0 Å². The molecule has 0 spiro atoms. The number of carbonyl (C=O) groups excluding carboxylic acids is 2. The summed E-state index contributed by atoms with van der Waals surface area (Å²) in [6.07, 6.45) is 1.28. The molecule has 7 heteroatoms. The van der Waals surface area contributed by atoms with E-state index in [0.717, 1.165) is 0 Å². The van der Waals surface area contributed by atoms with Gasteiger partial charge in [0.15, 0.2) is 0 Å². The van der Waals surface area contributed by atoms with E-state index in [4.69, 9.17) is 23.2 Å². The number of nitrogens with one attached hydrogen (secondary N) is 1. The second kappa shape index (κ2) is 6.41. The van der Waals surface area contributed by atoms with Crippen LogP contribution in [0.25, 0.3) is 0 Å². The molecule has 1 N–H and O–H groups in total. The monoisotopic (exact) mass is 315 g/mol. The molecule has 1 saturated heterocycles. The first kappa shape index (κ1) is 15.1. The Hall–Kier alpha value is -1.33. The summed E-state index contributed by atoms with van der Waals surface area (Å²) in [7, 11) is 1.62. The second-order valence-electron chi connectivity index (χ2n) is 4.65. The minimum atomic E-state index is -0.243. The number of hydrogen-bond acceptors (Lipinski definition) is 3. The summed E-state index contributed by atoms with van der Waals surface area (Å²) in [5.74, 6) is -0.254. The number of halogens is 2. The first-order valence-electron chi connectivity index (χ1n) is 6.36. The fraction of sp³-hybridized carbons (Fsp3) is 0.462. The van der Waals surface area contributed by atoms with E-state index in [1.165, 1.54) is 0 Å². The molecule has 0 aliphatic carbocycles. The van der Waals surface area contributed by atoms with Gasteiger partial charge in [-0.3, -0.25) is 9.59 Å². The van der Waals surface area contributed by atoms with E-state index in [9.17, 15) is 9.59 Å². The number of nitrogens with zero attached hydrogens (tertiary/aromatic N) is 2. The highest BCUT2D eigenvalue weighted by molar-refractivity contribution is 6.34. The van der Waals surface area contributed by atoms with E-state index in [1.54, 1.807) is 24.1 Å². The summed E-state index contributed by atoms with van der Waals surface area (Å²) in [6, 6.07) is 3.10. The van der Waals surface area contributed by atoms with Gasteiger partial charge in [0.25, 0.3) is 5.91 Å². The molecule has 1 aromatic heterocycles. The zero-order valence-corrected chi connectivity index (χ0v) is 12.5. The third kappa shape index (κ3) is 3.22. The lowest BCUT2D eigenvalue weighted by Gasteiger charge is -2.31. The highest BCUT2D eigenvalue weighted by Crippen LogP contribution is 2.22. The van der Waals surface area contributed by atoms with Gasteiger partial charge in [-0.15, -0.1) is 0 Å². The second-order valence-corrected chi connectivity index (χ2v) is 5.44. The Morgan fingerprint density at radius 1 is 1.30 bits per heavy atom. The average molecular weight is 316 g/mol. The van der Waals surface area contributed by atoms with Crippen LogP contribution in [0.1, 0.15) is 23.3 Å². The predicted octanol–water partition coefficient (Wildman–Crippen LogP) is 1.99. The Morgan fingerprint density at radius 2 is 1.95 bits per heavy atom. The zero-order chi connectivity index (χ0) is 14.7. The predicted molar refractivity (Wildman–Crippen MR) is 77.0 cm³/mol. The summed E-state index contributed by atoms with van der Waals surface area (Å²) in [5, 5.41) is 3.15. The van der Waals surface area contributed by atoms with Crippen LogP contribution < -0.4 is 5.32 Å². The fourth-order valence-corrected chi connectivity index (χ4v) is 2.60. The normalized spacial score (nSPS) is 16.1. The van der Waals surface area contributed by atoms with Crippen molar-refractivity contribution < 1.29 is 9.59 Å². The molecule has 1 aliphatic heterocycles. The minimum absolute atomic E-state index is 0.0241. The molecule has 0 radical (unpaired) electrons. The number of rotatable bonds is 2. The van der Waals surface area contributed by atoms with Crippen molar-refractivity contribution >= 4 is 35.0 Å². The number of carbonyl (C=O) groups is 2. The maximum atomic E-state index is 12.3. The van der Waals surface area contributed by atoms with Crippen LogP contribution in [0.3, 0.4) is 0 Å². The van der Waals surface area contributed by atoms with Gasteiger partial charge >= 0.3 is 0 Å². The average Bonchev–Trinajstić information content (AvgIpc) is 2.48. The lowest BCUT2D eigenvalue weighted by atomic mass is 9.96. The molecule has 0 aromatic carbocycles. The lowest BCUT2D eigenvalue weighted by Crippen LogP contribution is -2.42. The van der Waals surface area contributed by atoms with Crippen molar-refractivity contribution in [2.24, 2.45) is 5.92 Å². The first-order valence-corrected chi connectivity index (χ1v) is 7.11. The number of piperidine rings is 1. The van der Waals surface area contributed by atoms with Crippen LogP contribution in [0.15, 0.2) is 12.1 Å². The van der Waals surface area contributed by atoms with Crippen molar-refractivity contribution in [1.82, 2.24) is 15.2 Å². The highest BCUT2D eigenvalue weighted by Gasteiger charge is 2.28. The molecule has 108 valence electrons. The van der Waals surface area contributed by atoms with Crippen molar-refractivity contribution in [1.29, 1.82) is 0 Å². The lowest BCUT2D eigenvalue weighted by molar-refractivity contribution is -0.125. The van der Waals surface area contributed by atoms with Crippen LogP contribution in [0.2, 0.25) is 10.2 Å².